The number of carbonyl (C=O) groups is 2. The normalized spacial score (nSPS) is 13.1. The van der Waals surface area contributed by atoms with Crippen LogP contribution in [-0.4, -0.2) is 12.4 Å². The number of nitrogens with one attached hydrogen (secondary N) is 1. The zero-order chi connectivity index (χ0) is 18.2. The van der Waals surface area contributed by atoms with Gasteiger partial charge in [0.05, 0.1) is 6.04 Å². The third kappa shape index (κ3) is 5.45. The van der Waals surface area contributed by atoms with Gasteiger partial charge in [-0.1, -0.05) is 74.0 Å². The molecule has 0 saturated carbocycles. The minimum Gasteiger partial charge on any atom is -0.445 e. The highest BCUT2D eigenvalue weighted by molar-refractivity contribution is 5.69. The van der Waals surface area contributed by atoms with Crippen molar-refractivity contribution in [2.24, 2.45) is 11.8 Å². The molecule has 1 amide bonds. The van der Waals surface area contributed by atoms with E-state index >= 15 is 0 Å². The number of amides is 1. The summed E-state index contributed by atoms with van der Waals surface area (Å²) < 4.78 is 5.31. The molecule has 0 saturated heterocycles. The first-order valence-corrected chi connectivity index (χ1v) is 8.50. The summed E-state index contributed by atoms with van der Waals surface area (Å²) in [4.78, 5) is 23.9. The maximum atomic E-state index is 12.3. The SMILES string of the molecule is Cc1ccc([C@@H](NC(=O)OCc2ccccc2)[C@@H](C=O)C(C)C)cc1. The van der Waals surface area contributed by atoms with Gasteiger partial charge in [-0.05, 0) is 24.0 Å². The van der Waals surface area contributed by atoms with Crippen molar-refractivity contribution in [3.8, 4) is 0 Å². The fourth-order valence-electron chi connectivity index (χ4n) is 2.69. The molecule has 0 bridgehead atoms. The van der Waals surface area contributed by atoms with E-state index in [9.17, 15) is 9.59 Å². The van der Waals surface area contributed by atoms with Crippen molar-refractivity contribution in [2.45, 2.75) is 33.4 Å². The fourth-order valence-corrected chi connectivity index (χ4v) is 2.69. The van der Waals surface area contributed by atoms with Gasteiger partial charge in [-0.25, -0.2) is 4.79 Å². The molecule has 0 unspecified atom stereocenters. The lowest BCUT2D eigenvalue weighted by Gasteiger charge is -2.27. The number of alkyl carbamates (subject to hydrolysis) is 1. The van der Waals surface area contributed by atoms with Gasteiger partial charge in [-0.15, -0.1) is 0 Å². The Morgan fingerprint density at radius 2 is 1.72 bits per heavy atom. The molecule has 2 aromatic carbocycles. The molecule has 0 spiro atoms. The Kier molecular flexibility index (Phi) is 6.75. The second-order valence-corrected chi connectivity index (χ2v) is 6.55. The van der Waals surface area contributed by atoms with E-state index in [2.05, 4.69) is 5.32 Å². The van der Waals surface area contributed by atoms with E-state index < -0.39 is 12.1 Å². The van der Waals surface area contributed by atoms with Crippen molar-refractivity contribution in [3.05, 3.63) is 71.3 Å². The molecule has 2 rings (SSSR count). The minimum absolute atomic E-state index is 0.0956. The summed E-state index contributed by atoms with van der Waals surface area (Å²) in [5.74, 6) is -0.231. The molecule has 0 heterocycles. The predicted octanol–water partition coefficient (Wildman–Crippen LogP) is 4.43. The van der Waals surface area contributed by atoms with Gasteiger partial charge in [0, 0.05) is 5.92 Å². The Morgan fingerprint density at radius 3 is 2.28 bits per heavy atom. The summed E-state index contributed by atoms with van der Waals surface area (Å²) in [6.45, 7) is 6.13. The van der Waals surface area contributed by atoms with Gasteiger partial charge in [-0.3, -0.25) is 0 Å². The van der Waals surface area contributed by atoms with Gasteiger partial charge in [0.2, 0.25) is 0 Å². The molecule has 0 fully saturated rings. The first kappa shape index (κ1) is 18.7. The van der Waals surface area contributed by atoms with Crippen LogP contribution < -0.4 is 5.32 Å². The lowest BCUT2D eigenvalue weighted by Crippen LogP contribution is -2.36. The Morgan fingerprint density at radius 1 is 1.08 bits per heavy atom. The zero-order valence-corrected chi connectivity index (χ0v) is 14.9. The Bertz CT molecular complexity index is 680. The van der Waals surface area contributed by atoms with Crippen molar-refractivity contribution in [2.75, 3.05) is 0 Å². The van der Waals surface area contributed by atoms with Crippen LogP contribution in [0.25, 0.3) is 0 Å². The van der Waals surface area contributed by atoms with E-state index in [0.29, 0.717) is 0 Å². The summed E-state index contributed by atoms with van der Waals surface area (Å²) in [5.41, 5.74) is 2.94. The van der Waals surface area contributed by atoms with E-state index in [1.54, 1.807) is 0 Å². The third-order valence-electron chi connectivity index (χ3n) is 4.23. The van der Waals surface area contributed by atoms with Crippen molar-refractivity contribution in [3.63, 3.8) is 0 Å². The second kappa shape index (κ2) is 9.02. The van der Waals surface area contributed by atoms with Crippen LogP contribution in [0, 0.1) is 18.8 Å². The smallest absolute Gasteiger partial charge is 0.407 e. The Hall–Kier alpha value is -2.62. The van der Waals surface area contributed by atoms with Crippen LogP contribution in [0.5, 0.6) is 0 Å². The summed E-state index contributed by atoms with van der Waals surface area (Å²) >= 11 is 0. The second-order valence-electron chi connectivity index (χ2n) is 6.55. The van der Waals surface area contributed by atoms with E-state index in [-0.39, 0.29) is 18.4 Å². The predicted molar refractivity (Wildman–Crippen MR) is 98.1 cm³/mol. The molecule has 0 aromatic heterocycles. The van der Waals surface area contributed by atoms with E-state index in [1.165, 1.54) is 0 Å². The van der Waals surface area contributed by atoms with Crippen LogP contribution in [0.4, 0.5) is 4.79 Å². The monoisotopic (exact) mass is 339 g/mol. The minimum atomic E-state index is -0.526. The first-order chi connectivity index (χ1) is 12.0. The quantitative estimate of drug-likeness (QED) is 0.759. The molecule has 2 atom stereocenters. The fraction of sp³-hybridized carbons (Fsp3) is 0.333. The molecule has 25 heavy (non-hydrogen) atoms. The maximum Gasteiger partial charge on any atom is 0.407 e. The largest absolute Gasteiger partial charge is 0.445 e. The molecule has 0 aliphatic heterocycles. The summed E-state index contributed by atoms with van der Waals surface area (Å²) in [6.07, 6.45) is 0.383. The average molecular weight is 339 g/mol. The van der Waals surface area contributed by atoms with Crippen LogP contribution in [0.1, 0.15) is 36.6 Å². The average Bonchev–Trinajstić information content (AvgIpc) is 2.61. The Balaban J connectivity index is 2.10. The van der Waals surface area contributed by atoms with Gasteiger partial charge < -0.3 is 14.8 Å². The van der Waals surface area contributed by atoms with Crippen molar-refractivity contribution >= 4 is 12.4 Å². The first-order valence-electron chi connectivity index (χ1n) is 8.50. The number of hydrogen-bond donors (Lipinski definition) is 1. The van der Waals surface area contributed by atoms with Crippen LogP contribution in [-0.2, 0) is 16.1 Å². The highest BCUT2D eigenvalue weighted by Gasteiger charge is 2.27. The van der Waals surface area contributed by atoms with Gasteiger partial charge in [0.15, 0.2) is 0 Å². The maximum absolute atomic E-state index is 12.3. The van der Waals surface area contributed by atoms with Gasteiger partial charge in [0.1, 0.15) is 12.9 Å². The topological polar surface area (TPSA) is 55.4 Å². The highest BCUT2D eigenvalue weighted by atomic mass is 16.5. The standard InChI is InChI=1S/C21H25NO3/c1-15(2)19(13-23)20(18-11-9-16(3)10-12-18)22-21(24)25-14-17-7-5-4-6-8-17/h4-13,15,19-20H,14H2,1-3H3,(H,22,24)/t19-,20+/m0/s1. The van der Waals surface area contributed by atoms with E-state index in [1.807, 2.05) is 75.4 Å². The molecule has 4 nitrogen and oxygen atoms in total. The van der Waals surface area contributed by atoms with Crippen LogP contribution in [0.15, 0.2) is 54.6 Å². The van der Waals surface area contributed by atoms with Crippen molar-refractivity contribution < 1.29 is 14.3 Å². The lowest BCUT2D eigenvalue weighted by molar-refractivity contribution is -0.113. The number of benzene rings is 2. The Labute approximate surface area is 149 Å². The third-order valence-corrected chi connectivity index (χ3v) is 4.23. The summed E-state index contributed by atoms with van der Waals surface area (Å²) in [6, 6.07) is 16.9. The number of ether oxygens (including phenoxy) is 1. The molecule has 0 aliphatic carbocycles. The number of aldehydes is 1. The highest BCUT2D eigenvalue weighted by Crippen LogP contribution is 2.27. The number of rotatable bonds is 7. The molecule has 4 heteroatoms. The van der Waals surface area contributed by atoms with Crippen molar-refractivity contribution in [1.82, 2.24) is 5.32 Å². The molecule has 0 aliphatic rings. The molecule has 132 valence electrons. The van der Waals surface area contributed by atoms with Gasteiger partial charge in [0.25, 0.3) is 0 Å². The van der Waals surface area contributed by atoms with Crippen molar-refractivity contribution in [1.29, 1.82) is 0 Å². The lowest BCUT2D eigenvalue weighted by atomic mass is 9.85. The van der Waals surface area contributed by atoms with Gasteiger partial charge >= 0.3 is 6.09 Å². The van der Waals surface area contributed by atoms with Crippen LogP contribution >= 0.6 is 0 Å². The molecule has 0 radical (unpaired) electrons. The van der Waals surface area contributed by atoms with Gasteiger partial charge in [-0.2, -0.15) is 0 Å². The van der Waals surface area contributed by atoms with E-state index in [0.717, 1.165) is 23.0 Å². The molecule has 1 N–H and O–H groups in total. The number of carbonyl (C=O) groups excluding carboxylic acids is 2. The van der Waals surface area contributed by atoms with Crippen LogP contribution in [0.2, 0.25) is 0 Å². The molecule has 2 aromatic rings. The number of aryl methyl sites for hydroxylation is 1. The van der Waals surface area contributed by atoms with E-state index in [4.69, 9.17) is 4.74 Å². The van der Waals surface area contributed by atoms with Crippen LogP contribution in [0.3, 0.4) is 0 Å². The zero-order valence-electron chi connectivity index (χ0n) is 14.9. The summed E-state index contributed by atoms with van der Waals surface area (Å²) in [7, 11) is 0. The summed E-state index contributed by atoms with van der Waals surface area (Å²) in [5, 5.41) is 2.86. The molecular weight excluding hydrogens is 314 g/mol. The number of hydrogen-bond acceptors (Lipinski definition) is 3. The molecular formula is C21H25NO3.